The Morgan fingerprint density at radius 2 is 1.28 bits per heavy atom. The molecule has 364 valence electrons. The number of alkyl carbamates (subject to hydrolysis) is 1. The van der Waals surface area contributed by atoms with Crippen molar-refractivity contribution in [3.8, 4) is 0 Å². The van der Waals surface area contributed by atoms with Gasteiger partial charge in [0.2, 0.25) is 0 Å². The van der Waals surface area contributed by atoms with Crippen LogP contribution in [0.2, 0.25) is 0 Å². The predicted octanol–water partition coefficient (Wildman–Crippen LogP) is 7.47. The number of anilines is 1. The maximum Gasteiger partial charge on any atom is 0.412 e. The fourth-order valence-corrected chi connectivity index (χ4v) is 12.0. The van der Waals surface area contributed by atoms with Crippen LogP contribution in [0.3, 0.4) is 0 Å². The highest BCUT2D eigenvalue weighted by Crippen LogP contribution is 2.59. The number of benzene rings is 4. The monoisotopic (exact) mass is 1090 g/mol. The second kappa shape index (κ2) is 21.6. The van der Waals surface area contributed by atoms with E-state index in [1.54, 1.807) is 126 Å². The molecule has 0 saturated carbocycles. The van der Waals surface area contributed by atoms with Crippen LogP contribution in [0.15, 0.2) is 125 Å². The van der Waals surface area contributed by atoms with Crippen molar-refractivity contribution >= 4 is 108 Å². The molecule has 5 aromatic rings. The van der Waals surface area contributed by atoms with E-state index in [-0.39, 0.29) is 22.6 Å². The molecule has 1 fully saturated rings. The number of likely N-dealkylation sites (tertiary alicyclic amines) is 1. The molecule has 2 aliphatic rings. The van der Waals surface area contributed by atoms with Gasteiger partial charge < -0.3 is 24.3 Å². The lowest BCUT2D eigenvalue weighted by atomic mass is 9.96. The number of carbonyl (C=O) groups excluding carboxylic acids is 4. The number of nitrogens with zero attached hydrogens (tertiary/aromatic N) is 3. The van der Waals surface area contributed by atoms with Gasteiger partial charge in [0.15, 0.2) is 0 Å². The second-order valence-electron chi connectivity index (χ2n) is 17.3. The topological polar surface area (TPSA) is 197 Å². The Bertz CT molecular complexity index is 2920. The molecule has 2 amide bonds. The van der Waals surface area contributed by atoms with E-state index in [1.165, 1.54) is 57.9 Å². The van der Waals surface area contributed by atoms with Crippen LogP contribution in [-0.4, -0.2) is 93.5 Å². The number of esters is 2. The number of carbonyl (C=O) groups is 4. The van der Waals surface area contributed by atoms with E-state index in [4.69, 9.17) is 18.9 Å². The van der Waals surface area contributed by atoms with E-state index in [1.807, 2.05) is 0 Å². The molecule has 3 heterocycles. The van der Waals surface area contributed by atoms with Crippen LogP contribution < -0.4 is 9.62 Å². The van der Waals surface area contributed by atoms with Crippen LogP contribution >= 0.6 is 15.9 Å². The summed E-state index contributed by atoms with van der Waals surface area (Å²) in [5.41, 5.74) is 0.516. The molecule has 4 atom stereocenters. The van der Waals surface area contributed by atoms with Gasteiger partial charge in [0.1, 0.15) is 29.5 Å². The van der Waals surface area contributed by atoms with Gasteiger partial charge in [-0.2, -0.15) is 0 Å². The third-order valence-electron chi connectivity index (χ3n) is 10.3. The molecule has 1 saturated heterocycles. The first-order valence-electron chi connectivity index (χ1n) is 20.7. The summed E-state index contributed by atoms with van der Waals surface area (Å²) in [6, 6.07) is 27.9. The minimum Gasteiger partial charge on any atom is -0.467 e. The maximum absolute atomic E-state index is 13.9. The Morgan fingerprint density at radius 1 is 0.765 bits per heavy atom. The second-order valence-corrected chi connectivity index (χ2v) is 24.1. The number of sulfonamides is 1. The van der Waals surface area contributed by atoms with Gasteiger partial charge in [-0.3, -0.25) is 4.90 Å². The van der Waals surface area contributed by atoms with Crippen LogP contribution in [0.5, 0.6) is 0 Å². The van der Waals surface area contributed by atoms with Crippen molar-refractivity contribution in [1.82, 2.24) is 14.2 Å². The first kappa shape index (κ1) is 53.7. The van der Waals surface area contributed by atoms with Gasteiger partial charge in [0.05, 0.1) is 39.5 Å². The van der Waals surface area contributed by atoms with Crippen LogP contribution in [0.4, 0.5) is 15.3 Å². The lowest BCUT2D eigenvalue weighted by molar-refractivity contribution is -0.146. The number of halogens is 1. The minimum atomic E-state index is -4.11. The van der Waals surface area contributed by atoms with Crippen molar-refractivity contribution in [2.75, 3.05) is 18.5 Å². The number of alkyl halides is 1. The van der Waals surface area contributed by atoms with Crippen LogP contribution in [0.25, 0.3) is 10.9 Å². The SMILES string of the molecule is COC(=O)[C@@H](Cc1cn(S(=O)(=O)c2ccccc2)c2ccccc12)NC(=O)OC(C)(C)C.COC(=O)[C@H]1C[C@]2(Br)c3ccccc3N(S(=O)(=O)c3ccccc3)[C@@H]2N1C(=O)OC(C)(C)C.S=S=S. The van der Waals surface area contributed by atoms with Crippen molar-refractivity contribution in [1.29, 1.82) is 0 Å². The first-order chi connectivity index (χ1) is 31.9. The zero-order chi connectivity index (χ0) is 50.4. The number of nitrogens with one attached hydrogen (secondary N) is 1. The highest BCUT2D eigenvalue weighted by Gasteiger charge is 2.66. The minimum absolute atomic E-state index is 0.0176. The number of hydrogen-bond acceptors (Lipinski definition) is 14. The number of methoxy groups -OCH3 is 2. The van der Waals surface area contributed by atoms with Crippen molar-refractivity contribution in [2.24, 2.45) is 0 Å². The predicted molar refractivity (Wildman–Crippen MR) is 267 cm³/mol. The van der Waals surface area contributed by atoms with E-state index in [9.17, 15) is 36.0 Å². The maximum atomic E-state index is 13.9. The van der Waals surface area contributed by atoms with Gasteiger partial charge in [-0.25, -0.2) is 44.3 Å². The van der Waals surface area contributed by atoms with E-state index >= 15 is 0 Å². The van der Waals surface area contributed by atoms with E-state index in [0.29, 0.717) is 27.7 Å². The third-order valence-corrected chi connectivity index (χ3v) is 15.0. The number of amides is 2. The lowest BCUT2D eigenvalue weighted by Gasteiger charge is -2.37. The van der Waals surface area contributed by atoms with Gasteiger partial charge in [-0.15, -0.1) is 0 Å². The highest BCUT2D eigenvalue weighted by atomic mass is 79.9. The zero-order valence-electron chi connectivity index (χ0n) is 38.3. The molecule has 1 N–H and O–H groups in total. The number of ether oxygens (including phenoxy) is 4. The molecule has 0 bridgehead atoms. The van der Waals surface area contributed by atoms with Crippen molar-refractivity contribution in [3.05, 3.63) is 127 Å². The molecule has 7 rings (SSSR count). The summed E-state index contributed by atoms with van der Waals surface area (Å²) >= 11 is 12.0. The van der Waals surface area contributed by atoms with E-state index < -0.39 is 77.9 Å². The Labute approximate surface area is 417 Å². The number of fused-ring (bicyclic) bond motifs is 4. The average molecular weight is 1090 g/mol. The summed E-state index contributed by atoms with van der Waals surface area (Å²) in [7, 11) is -4.61. The van der Waals surface area contributed by atoms with Crippen LogP contribution in [-0.2, 0) is 90.6 Å². The normalized spacial score (nSPS) is 18.0. The Hall–Kier alpha value is -5.26. The van der Waals surface area contributed by atoms with E-state index in [0.717, 1.165) is 8.88 Å². The molecular formula is C46H51BrN4O12S5. The lowest BCUT2D eigenvalue weighted by Crippen LogP contribution is -2.56. The Balaban J connectivity index is 0.000000240. The fourth-order valence-electron chi connectivity index (χ4n) is 7.71. The zero-order valence-corrected chi connectivity index (χ0v) is 43.9. The van der Waals surface area contributed by atoms with E-state index in [2.05, 4.69) is 43.6 Å². The number of aromatic nitrogens is 1. The summed E-state index contributed by atoms with van der Waals surface area (Å²) in [5, 5.41) is 3.17. The fraction of sp³-hybridized carbons (Fsp3) is 0.348. The molecule has 22 heteroatoms. The van der Waals surface area contributed by atoms with Crippen molar-refractivity contribution in [2.45, 2.75) is 98.0 Å². The Kier molecular flexibility index (Phi) is 17.0. The molecule has 0 radical (unpaired) electrons. The number of hydrogen-bond donors (Lipinski definition) is 1. The van der Waals surface area contributed by atoms with Gasteiger partial charge >= 0.3 is 24.1 Å². The van der Waals surface area contributed by atoms with Gasteiger partial charge in [0, 0.05) is 55.7 Å². The van der Waals surface area contributed by atoms with Crippen LogP contribution in [0.1, 0.15) is 59.1 Å². The summed E-state index contributed by atoms with van der Waals surface area (Å²) in [5.74, 6) is -1.32. The van der Waals surface area contributed by atoms with Gasteiger partial charge in [-0.05, 0) is 89.1 Å². The first-order valence-corrected chi connectivity index (χ1v) is 27.1. The van der Waals surface area contributed by atoms with Gasteiger partial charge in [0.25, 0.3) is 20.0 Å². The molecule has 0 unspecified atom stereocenters. The quantitative estimate of drug-likeness (QED) is 0.0867. The molecule has 0 spiro atoms. The summed E-state index contributed by atoms with van der Waals surface area (Å²) in [6.45, 7) is 10.2. The van der Waals surface area contributed by atoms with Crippen molar-refractivity contribution in [3.63, 3.8) is 0 Å². The highest BCUT2D eigenvalue weighted by molar-refractivity contribution is 9.09. The molecule has 68 heavy (non-hydrogen) atoms. The third kappa shape index (κ3) is 11.8. The molecule has 2 aliphatic heterocycles. The standard InChI is InChI=1S/C23H25BrN2O6S.C23H26N2O6S.S3/c1-22(2,3)32-21(28)25-18(19(27)31-4)14-23(24)16-12-8-9-13-17(16)26(20(23)25)33(29,30)15-10-6-5-7-11-15;1-23(2,3)31-22(27)24-19(21(26)30-4)14-16-15-25(20-13-9-8-12-18(16)20)32(28,29)17-10-6-5-7-11-17;1-3-2/h5-13,18,20H,14H2,1-4H3;5-13,15,19H,14H2,1-4H3,(H,24,27);/t18-,20+,23+;19-;/m11./s1. The molecule has 0 aliphatic carbocycles. The summed E-state index contributed by atoms with van der Waals surface area (Å²) in [6.07, 6.45) is -1.05. The number of para-hydroxylation sites is 2. The number of rotatable bonds is 9. The summed E-state index contributed by atoms with van der Waals surface area (Å²) in [4.78, 5) is 52.1. The molecule has 16 nitrogen and oxygen atoms in total. The summed E-state index contributed by atoms with van der Waals surface area (Å²) < 4.78 is 76.3. The van der Waals surface area contributed by atoms with Gasteiger partial charge in [-0.1, -0.05) is 88.7 Å². The van der Waals surface area contributed by atoms with Crippen LogP contribution in [0, 0.1) is 0 Å². The smallest absolute Gasteiger partial charge is 0.412 e. The largest absolute Gasteiger partial charge is 0.467 e. The molecular weight excluding hydrogens is 1040 g/mol. The molecule has 4 aromatic carbocycles. The van der Waals surface area contributed by atoms with Crippen molar-refractivity contribution < 1.29 is 55.0 Å². The Morgan fingerprint density at radius 3 is 1.82 bits per heavy atom. The molecule has 1 aromatic heterocycles. The average Bonchev–Trinajstić information content (AvgIpc) is 3.90.